The first-order chi connectivity index (χ1) is 15.3. The predicted octanol–water partition coefficient (Wildman–Crippen LogP) is 3.23. The molecular weight excluding hydrogens is 388 g/mol. The van der Waals surface area contributed by atoms with Crippen molar-refractivity contribution in [3.8, 4) is 0 Å². The van der Waals surface area contributed by atoms with Gasteiger partial charge in [-0.3, -0.25) is 4.79 Å². The fourth-order valence-electron chi connectivity index (χ4n) is 4.69. The topological polar surface area (TPSA) is 68.4 Å². The molecule has 2 fully saturated rings. The molecular formula is C24H30N6O. The number of aromatic amines is 1. The van der Waals surface area contributed by atoms with Crippen molar-refractivity contribution in [1.82, 2.24) is 20.1 Å². The number of fused-ring (bicyclic) bond motifs is 1. The van der Waals surface area contributed by atoms with Crippen LogP contribution in [0.3, 0.4) is 0 Å². The average molecular weight is 419 g/mol. The van der Waals surface area contributed by atoms with Gasteiger partial charge in [-0.25, -0.2) is 0 Å². The van der Waals surface area contributed by atoms with Crippen LogP contribution in [0.1, 0.15) is 31.2 Å². The molecule has 3 aromatic rings. The van der Waals surface area contributed by atoms with Gasteiger partial charge in [0.05, 0.1) is 6.42 Å². The molecule has 1 amide bonds. The van der Waals surface area contributed by atoms with Gasteiger partial charge in [-0.15, -0.1) is 10.2 Å². The van der Waals surface area contributed by atoms with Gasteiger partial charge in [-0.2, -0.15) is 0 Å². The minimum atomic E-state index is 0.187. The number of anilines is 2. The molecule has 0 radical (unpaired) electrons. The van der Waals surface area contributed by atoms with Gasteiger partial charge in [0.15, 0.2) is 11.6 Å². The van der Waals surface area contributed by atoms with Crippen molar-refractivity contribution >= 4 is 28.4 Å². The van der Waals surface area contributed by atoms with Crippen molar-refractivity contribution < 1.29 is 4.79 Å². The van der Waals surface area contributed by atoms with Crippen molar-refractivity contribution in [2.24, 2.45) is 0 Å². The maximum Gasteiger partial charge on any atom is 0.227 e. The van der Waals surface area contributed by atoms with Crippen molar-refractivity contribution in [3.05, 3.63) is 48.2 Å². The van der Waals surface area contributed by atoms with Gasteiger partial charge < -0.3 is 19.7 Å². The molecule has 1 aromatic carbocycles. The van der Waals surface area contributed by atoms with Crippen LogP contribution in [0, 0.1) is 0 Å². The van der Waals surface area contributed by atoms with Crippen LogP contribution in [0.2, 0.25) is 0 Å². The maximum atomic E-state index is 12.9. The van der Waals surface area contributed by atoms with E-state index in [-0.39, 0.29) is 5.91 Å². The zero-order valence-corrected chi connectivity index (χ0v) is 18.0. The fourth-order valence-corrected chi connectivity index (χ4v) is 4.69. The molecule has 2 saturated heterocycles. The molecule has 31 heavy (non-hydrogen) atoms. The Morgan fingerprint density at radius 1 is 0.806 bits per heavy atom. The van der Waals surface area contributed by atoms with Gasteiger partial charge in [-0.1, -0.05) is 31.0 Å². The van der Waals surface area contributed by atoms with E-state index in [1.54, 1.807) is 0 Å². The summed E-state index contributed by atoms with van der Waals surface area (Å²) in [6, 6.07) is 12.3. The van der Waals surface area contributed by atoms with E-state index in [0.29, 0.717) is 6.42 Å². The Morgan fingerprint density at radius 2 is 1.45 bits per heavy atom. The van der Waals surface area contributed by atoms with Crippen LogP contribution in [0.5, 0.6) is 0 Å². The Morgan fingerprint density at radius 3 is 2.13 bits per heavy atom. The molecule has 7 heteroatoms. The lowest BCUT2D eigenvalue weighted by Crippen LogP contribution is -2.49. The van der Waals surface area contributed by atoms with E-state index in [0.717, 1.165) is 67.4 Å². The normalized spacial score (nSPS) is 17.7. The van der Waals surface area contributed by atoms with E-state index in [1.807, 2.05) is 29.3 Å². The summed E-state index contributed by atoms with van der Waals surface area (Å²) in [5.74, 6) is 2.08. The molecule has 7 nitrogen and oxygen atoms in total. The van der Waals surface area contributed by atoms with Crippen molar-refractivity contribution in [2.75, 3.05) is 49.1 Å². The van der Waals surface area contributed by atoms with E-state index < -0.39 is 0 Å². The van der Waals surface area contributed by atoms with E-state index in [2.05, 4.69) is 43.2 Å². The largest absolute Gasteiger partial charge is 0.361 e. The number of aromatic nitrogens is 3. The highest BCUT2D eigenvalue weighted by Crippen LogP contribution is 2.21. The van der Waals surface area contributed by atoms with Crippen LogP contribution in [-0.2, 0) is 11.2 Å². The lowest BCUT2D eigenvalue weighted by atomic mass is 10.1. The first kappa shape index (κ1) is 19.8. The SMILES string of the molecule is O=C(Cc1c[nH]c2ccccc12)N1CCN(c2ccc(N3CCCCCC3)nn2)CC1. The highest BCUT2D eigenvalue weighted by Gasteiger charge is 2.23. The average Bonchev–Trinajstić information content (AvgIpc) is 3.03. The highest BCUT2D eigenvalue weighted by molar-refractivity contribution is 5.89. The van der Waals surface area contributed by atoms with E-state index in [9.17, 15) is 4.79 Å². The van der Waals surface area contributed by atoms with Crippen molar-refractivity contribution in [1.29, 1.82) is 0 Å². The van der Waals surface area contributed by atoms with Crippen LogP contribution in [0.4, 0.5) is 11.6 Å². The molecule has 1 N–H and O–H groups in total. The summed E-state index contributed by atoms with van der Waals surface area (Å²) < 4.78 is 0. The van der Waals surface area contributed by atoms with Gasteiger partial charge in [0.1, 0.15) is 0 Å². The second-order valence-electron chi connectivity index (χ2n) is 8.56. The minimum Gasteiger partial charge on any atom is -0.361 e. The molecule has 162 valence electrons. The molecule has 5 rings (SSSR count). The molecule has 2 aromatic heterocycles. The van der Waals surface area contributed by atoms with Gasteiger partial charge >= 0.3 is 0 Å². The Hall–Kier alpha value is -3.09. The number of rotatable bonds is 4. The molecule has 2 aliphatic heterocycles. The number of nitrogens with zero attached hydrogens (tertiary/aromatic N) is 5. The molecule has 0 unspecified atom stereocenters. The van der Waals surface area contributed by atoms with Gasteiger partial charge in [0, 0.05) is 56.4 Å². The number of carbonyl (C=O) groups is 1. The second kappa shape index (κ2) is 8.96. The Kier molecular flexibility index (Phi) is 5.74. The molecule has 0 aliphatic carbocycles. The molecule has 4 heterocycles. The summed E-state index contributed by atoms with van der Waals surface area (Å²) in [6.45, 7) is 5.17. The van der Waals surface area contributed by atoms with Crippen LogP contribution in [0.15, 0.2) is 42.6 Å². The van der Waals surface area contributed by atoms with Gasteiger partial charge in [-0.05, 0) is 36.6 Å². The molecule has 0 bridgehead atoms. The monoisotopic (exact) mass is 418 g/mol. The second-order valence-corrected chi connectivity index (χ2v) is 8.56. The van der Waals surface area contributed by atoms with Gasteiger partial charge in [0.25, 0.3) is 0 Å². The van der Waals surface area contributed by atoms with Crippen molar-refractivity contribution in [2.45, 2.75) is 32.1 Å². The first-order valence-corrected chi connectivity index (χ1v) is 11.4. The lowest BCUT2D eigenvalue weighted by molar-refractivity contribution is -0.130. The number of para-hydroxylation sites is 1. The number of nitrogens with one attached hydrogen (secondary N) is 1. The number of carbonyl (C=O) groups excluding carboxylic acids is 1. The lowest BCUT2D eigenvalue weighted by Gasteiger charge is -2.35. The quantitative estimate of drug-likeness (QED) is 0.705. The number of benzene rings is 1. The number of hydrogen-bond acceptors (Lipinski definition) is 5. The molecule has 0 spiro atoms. The molecule has 0 saturated carbocycles. The summed E-state index contributed by atoms with van der Waals surface area (Å²) in [5, 5.41) is 10.1. The predicted molar refractivity (Wildman–Crippen MR) is 124 cm³/mol. The summed E-state index contributed by atoms with van der Waals surface area (Å²) >= 11 is 0. The van der Waals surface area contributed by atoms with Crippen LogP contribution < -0.4 is 9.80 Å². The standard InChI is InChI=1S/C24H30N6O/c31-24(17-19-18-25-21-8-4-3-7-20(19)21)30-15-13-29(14-16-30)23-10-9-22(26-27-23)28-11-5-1-2-6-12-28/h3-4,7-10,18,25H,1-2,5-6,11-17H2. The highest BCUT2D eigenvalue weighted by atomic mass is 16.2. The third-order valence-electron chi connectivity index (χ3n) is 6.54. The summed E-state index contributed by atoms with van der Waals surface area (Å²) in [5.41, 5.74) is 2.15. The minimum absolute atomic E-state index is 0.187. The van der Waals surface area contributed by atoms with Crippen LogP contribution >= 0.6 is 0 Å². The zero-order chi connectivity index (χ0) is 21.0. The van der Waals surface area contributed by atoms with Gasteiger partial charge in [0.2, 0.25) is 5.91 Å². The molecule has 0 atom stereocenters. The summed E-state index contributed by atoms with van der Waals surface area (Å²) in [4.78, 5) is 22.7. The fraction of sp³-hybridized carbons (Fsp3) is 0.458. The van der Waals surface area contributed by atoms with Crippen LogP contribution in [0.25, 0.3) is 10.9 Å². The maximum absolute atomic E-state index is 12.9. The third-order valence-corrected chi connectivity index (χ3v) is 6.54. The smallest absolute Gasteiger partial charge is 0.227 e. The van der Waals surface area contributed by atoms with Crippen LogP contribution in [-0.4, -0.2) is 65.3 Å². The Bertz CT molecular complexity index is 1010. The molecule has 2 aliphatic rings. The van der Waals surface area contributed by atoms with E-state index in [4.69, 9.17) is 0 Å². The zero-order valence-electron chi connectivity index (χ0n) is 18.0. The first-order valence-electron chi connectivity index (χ1n) is 11.4. The number of piperazine rings is 1. The summed E-state index contributed by atoms with van der Waals surface area (Å²) in [7, 11) is 0. The van der Waals surface area contributed by atoms with E-state index in [1.165, 1.54) is 25.7 Å². The number of H-pyrrole nitrogens is 1. The van der Waals surface area contributed by atoms with E-state index >= 15 is 0 Å². The Labute approximate surface area is 183 Å². The number of amides is 1. The number of hydrogen-bond donors (Lipinski definition) is 1. The Balaban J connectivity index is 1.17. The summed E-state index contributed by atoms with van der Waals surface area (Å²) in [6.07, 6.45) is 7.49. The third kappa shape index (κ3) is 4.36. The van der Waals surface area contributed by atoms with Crippen molar-refractivity contribution in [3.63, 3.8) is 0 Å².